The molecule has 0 aliphatic carbocycles. The van der Waals surface area contributed by atoms with Crippen molar-refractivity contribution < 1.29 is 4.79 Å². The van der Waals surface area contributed by atoms with E-state index < -0.39 is 0 Å². The van der Waals surface area contributed by atoms with Crippen molar-refractivity contribution >= 4 is 28.9 Å². The van der Waals surface area contributed by atoms with Crippen LogP contribution in [0.2, 0.25) is 0 Å². The molecule has 0 unspecified atom stereocenters. The number of nitrogens with two attached hydrogens (primary N) is 1. The van der Waals surface area contributed by atoms with Crippen LogP contribution in [0.5, 0.6) is 0 Å². The van der Waals surface area contributed by atoms with E-state index in [2.05, 4.69) is 0 Å². The molecule has 2 N–H and O–H groups in total. The van der Waals surface area contributed by atoms with Gasteiger partial charge in [0.1, 0.15) is 4.99 Å². The molecule has 0 bridgehead atoms. The van der Waals surface area contributed by atoms with E-state index in [9.17, 15) is 4.79 Å². The molecule has 2 rings (SSSR count). The number of urea groups is 1. The van der Waals surface area contributed by atoms with Crippen molar-refractivity contribution in [1.82, 2.24) is 4.90 Å². The minimum absolute atomic E-state index is 0.0515. The molecule has 0 radical (unpaired) electrons. The highest BCUT2D eigenvalue weighted by molar-refractivity contribution is 7.80. The van der Waals surface area contributed by atoms with Gasteiger partial charge in [0.05, 0.1) is 0 Å². The Labute approximate surface area is 112 Å². The molecule has 1 aliphatic rings. The maximum atomic E-state index is 12.2. The van der Waals surface area contributed by atoms with Crippen LogP contribution in [0.25, 0.3) is 0 Å². The molecule has 0 spiro atoms. The number of hydrogen-bond donors (Lipinski definition) is 1. The third-order valence-corrected chi connectivity index (χ3v) is 3.44. The second-order valence-corrected chi connectivity index (χ2v) is 4.89. The summed E-state index contributed by atoms with van der Waals surface area (Å²) in [6.45, 7) is 1.71. The lowest BCUT2D eigenvalue weighted by Gasteiger charge is -2.24. The summed E-state index contributed by atoms with van der Waals surface area (Å²) >= 11 is 4.90. The van der Waals surface area contributed by atoms with Gasteiger partial charge in [0, 0.05) is 31.4 Å². The van der Waals surface area contributed by atoms with Crippen LogP contribution in [0.4, 0.5) is 10.5 Å². The van der Waals surface area contributed by atoms with Gasteiger partial charge in [-0.15, -0.1) is 0 Å². The zero-order chi connectivity index (χ0) is 13.1. The highest BCUT2D eigenvalue weighted by Gasteiger charge is 2.21. The quantitative estimate of drug-likeness (QED) is 0.830. The molecule has 2 amide bonds. The van der Waals surface area contributed by atoms with Crippen LogP contribution < -0.4 is 10.6 Å². The third-order valence-electron chi connectivity index (χ3n) is 3.20. The fourth-order valence-electron chi connectivity index (χ4n) is 2.08. The molecule has 1 heterocycles. The first-order valence-electron chi connectivity index (χ1n) is 6.02. The number of benzene rings is 1. The topological polar surface area (TPSA) is 49.6 Å². The van der Waals surface area contributed by atoms with Gasteiger partial charge in [-0.05, 0) is 37.1 Å². The number of likely N-dealkylation sites (tertiary alicyclic amines) is 1. The normalized spacial score (nSPS) is 14.6. The van der Waals surface area contributed by atoms with Gasteiger partial charge in [0.25, 0.3) is 0 Å². The number of carbonyl (C=O) groups excluding carboxylic acids is 1. The van der Waals surface area contributed by atoms with Gasteiger partial charge in [-0.25, -0.2) is 4.79 Å². The minimum atomic E-state index is 0.0515. The first kappa shape index (κ1) is 12.8. The number of hydrogen-bond acceptors (Lipinski definition) is 2. The Kier molecular flexibility index (Phi) is 3.81. The Morgan fingerprint density at radius 1 is 1.28 bits per heavy atom. The lowest BCUT2D eigenvalue weighted by molar-refractivity contribution is 0.217. The summed E-state index contributed by atoms with van der Waals surface area (Å²) in [5, 5.41) is 0. The lowest BCUT2D eigenvalue weighted by Crippen LogP contribution is -2.39. The fourth-order valence-corrected chi connectivity index (χ4v) is 2.22. The highest BCUT2D eigenvalue weighted by atomic mass is 32.1. The predicted octanol–water partition coefficient (Wildman–Crippen LogP) is 1.97. The van der Waals surface area contributed by atoms with Crippen molar-refractivity contribution in [3.63, 3.8) is 0 Å². The minimum Gasteiger partial charge on any atom is -0.389 e. The number of amides is 2. The number of thiocarbonyl (C=S) groups is 1. The number of anilines is 1. The van der Waals surface area contributed by atoms with Crippen LogP contribution in [0.1, 0.15) is 18.4 Å². The van der Waals surface area contributed by atoms with Crippen LogP contribution in [0.15, 0.2) is 24.3 Å². The Morgan fingerprint density at radius 3 is 2.33 bits per heavy atom. The highest BCUT2D eigenvalue weighted by Crippen LogP contribution is 2.17. The van der Waals surface area contributed by atoms with Crippen molar-refractivity contribution in [2.45, 2.75) is 12.8 Å². The van der Waals surface area contributed by atoms with Gasteiger partial charge in [-0.1, -0.05) is 12.2 Å². The zero-order valence-electron chi connectivity index (χ0n) is 10.4. The average Bonchev–Trinajstić information content (AvgIpc) is 2.91. The average molecular weight is 263 g/mol. The van der Waals surface area contributed by atoms with E-state index in [1.54, 1.807) is 11.9 Å². The Hall–Kier alpha value is -1.62. The van der Waals surface area contributed by atoms with Gasteiger partial charge in [-0.2, -0.15) is 0 Å². The summed E-state index contributed by atoms with van der Waals surface area (Å²) in [6.07, 6.45) is 2.19. The first-order chi connectivity index (χ1) is 8.59. The van der Waals surface area contributed by atoms with Gasteiger partial charge in [0.2, 0.25) is 0 Å². The molecule has 5 heteroatoms. The van der Waals surface area contributed by atoms with E-state index in [-0.39, 0.29) is 6.03 Å². The molecule has 1 saturated heterocycles. The summed E-state index contributed by atoms with van der Waals surface area (Å²) in [5.74, 6) is 0. The molecule has 4 nitrogen and oxygen atoms in total. The SMILES string of the molecule is CN(C(=O)N1CCCC1)c1ccc(C(N)=S)cc1. The molecular weight excluding hydrogens is 246 g/mol. The van der Waals surface area contributed by atoms with E-state index in [0.29, 0.717) is 4.99 Å². The van der Waals surface area contributed by atoms with Crippen LogP contribution in [-0.2, 0) is 0 Å². The molecule has 0 atom stereocenters. The van der Waals surface area contributed by atoms with Crippen molar-refractivity contribution in [1.29, 1.82) is 0 Å². The molecule has 1 aromatic rings. The molecule has 18 heavy (non-hydrogen) atoms. The molecule has 1 aromatic carbocycles. The number of carbonyl (C=O) groups is 1. The van der Waals surface area contributed by atoms with Crippen LogP contribution in [0.3, 0.4) is 0 Å². The smallest absolute Gasteiger partial charge is 0.324 e. The van der Waals surface area contributed by atoms with Crippen molar-refractivity contribution in [2.24, 2.45) is 5.73 Å². The first-order valence-corrected chi connectivity index (χ1v) is 6.43. The van der Waals surface area contributed by atoms with Gasteiger partial charge >= 0.3 is 6.03 Å². The molecule has 96 valence electrons. The molecule has 0 aromatic heterocycles. The van der Waals surface area contributed by atoms with E-state index in [1.165, 1.54) is 0 Å². The third kappa shape index (κ3) is 2.61. The maximum Gasteiger partial charge on any atom is 0.324 e. The molecule has 0 saturated carbocycles. The molecule has 1 aliphatic heterocycles. The predicted molar refractivity (Wildman–Crippen MR) is 76.9 cm³/mol. The van der Waals surface area contributed by atoms with Gasteiger partial charge in [0.15, 0.2) is 0 Å². The van der Waals surface area contributed by atoms with Gasteiger partial charge < -0.3 is 10.6 Å². The number of nitrogens with zero attached hydrogens (tertiary/aromatic N) is 2. The van der Waals surface area contributed by atoms with E-state index in [1.807, 2.05) is 29.2 Å². The summed E-state index contributed by atoms with van der Waals surface area (Å²) in [7, 11) is 1.79. The Morgan fingerprint density at radius 2 is 1.83 bits per heavy atom. The van der Waals surface area contributed by atoms with E-state index in [0.717, 1.165) is 37.2 Å². The van der Waals surface area contributed by atoms with Crippen molar-refractivity contribution in [3.8, 4) is 0 Å². The Bertz CT molecular complexity index is 452. The van der Waals surface area contributed by atoms with Crippen molar-refractivity contribution in [3.05, 3.63) is 29.8 Å². The van der Waals surface area contributed by atoms with E-state index >= 15 is 0 Å². The van der Waals surface area contributed by atoms with Gasteiger partial charge in [-0.3, -0.25) is 4.90 Å². The zero-order valence-corrected chi connectivity index (χ0v) is 11.2. The lowest BCUT2D eigenvalue weighted by atomic mass is 10.2. The maximum absolute atomic E-state index is 12.2. The Balaban J connectivity index is 2.10. The fraction of sp³-hybridized carbons (Fsp3) is 0.385. The summed E-state index contributed by atoms with van der Waals surface area (Å²) in [5.41, 5.74) is 7.21. The standard InChI is InChI=1S/C13H17N3OS/c1-15(13(17)16-8-2-3-9-16)11-6-4-10(5-7-11)12(14)18/h4-7H,2-3,8-9H2,1H3,(H2,14,18). The largest absolute Gasteiger partial charge is 0.389 e. The molecule has 1 fully saturated rings. The summed E-state index contributed by atoms with van der Waals surface area (Å²) in [6, 6.07) is 7.46. The second-order valence-electron chi connectivity index (χ2n) is 4.45. The van der Waals surface area contributed by atoms with Crippen LogP contribution >= 0.6 is 12.2 Å². The van der Waals surface area contributed by atoms with Crippen LogP contribution in [0, 0.1) is 0 Å². The summed E-state index contributed by atoms with van der Waals surface area (Å²) in [4.78, 5) is 16.1. The second kappa shape index (κ2) is 5.35. The van der Waals surface area contributed by atoms with Crippen LogP contribution in [-0.4, -0.2) is 36.1 Å². The molecular formula is C13H17N3OS. The van der Waals surface area contributed by atoms with Crippen molar-refractivity contribution in [2.75, 3.05) is 25.0 Å². The monoisotopic (exact) mass is 263 g/mol. The summed E-state index contributed by atoms with van der Waals surface area (Å²) < 4.78 is 0. The number of rotatable bonds is 2. The van der Waals surface area contributed by atoms with E-state index in [4.69, 9.17) is 18.0 Å².